The van der Waals surface area contributed by atoms with Crippen LogP contribution in [0.15, 0.2) is 18.2 Å². The Balaban J connectivity index is 1.90. The van der Waals surface area contributed by atoms with Crippen LogP contribution in [0.25, 0.3) is 0 Å². The van der Waals surface area contributed by atoms with Gasteiger partial charge in [0.25, 0.3) is 0 Å². The van der Waals surface area contributed by atoms with Crippen LogP contribution in [-0.4, -0.2) is 19.2 Å². The monoisotopic (exact) mass is 278 g/mol. The van der Waals surface area contributed by atoms with Crippen molar-refractivity contribution in [2.24, 2.45) is 17.6 Å². The maximum atomic E-state index is 12.0. The molecule has 1 heterocycles. The van der Waals surface area contributed by atoms with E-state index in [2.05, 4.69) is 19.2 Å². The summed E-state index contributed by atoms with van der Waals surface area (Å²) in [6.07, 6.45) is 1.41. The fourth-order valence-electron chi connectivity index (χ4n) is 2.38. The molecule has 1 atom stereocenters. The largest absolute Gasteiger partial charge is 0.454 e. The van der Waals surface area contributed by atoms with Crippen LogP contribution in [0.1, 0.15) is 26.7 Å². The van der Waals surface area contributed by atoms with Crippen LogP contribution >= 0.6 is 0 Å². The van der Waals surface area contributed by atoms with Crippen molar-refractivity contribution in [3.63, 3.8) is 0 Å². The van der Waals surface area contributed by atoms with Gasteiger partial charge >= 0.3 is 0 Å². The van der Waals surface area contributed by atoms with Gasteiger partial charge in [0.15, 0.2) is 11.5 Å². The fraction of sp³-hybridized carbons (Fsp3) is 0.533. The number of carbonyl (C=O) groups is 1. The summed E-state index contributed by atoms with van der Waals surface area (Å²) in [5, 5.41) is 2.88. The molecule has 0 aromatic heterocycles. The molecule has 2 rings (SSSR count). The first-order valence-electron chi connectivity index (χ1n) is 6.98. The highest BCUT2D eigenvalue weighted by atomic mass is 16.7. The van der Waals surface area contributed by atoms with E-state index in [1.807, 2.05) is 6.07 Å². The first-order chi connectivity index (χ1) is 9.58. The molecule has 1 aromatic rings. The summed E-state index contributed by atoms with van der Waals surface area (Å²) in [5.74, 6) is 2.13. The number of hydrogen-bond acceptors (Lipinski definition) is 4. The maximum Gasteiger partial charge on any atom is 0.231 e. The van der Waals surface area contributed by atoms with E-state index >= 15 is 0 Å². The van der Waals surface area contributed by atoms with E-state index in [1.165, 1.54) is 0 Å². The van der Waals surface area contributed by atoms with Gasteiger partial charge in [-0.25, -0.2) is 0 Å². The van der Waals surface area contributed by atoms with Crippen LogP contribution in [0, 0.1) is 11.8 Å². The van der Waals surface area contributed by atoms with E-state index in [9.17, 15) is 4.79 Å². The Labute approximate surface area is 119 Å². The molecule has 0 bridgehead atoms. The maximum absolute atomic E-state index is 12.0. The zero-order valence-electron chi connectivity index (χ0n) is 12.0. The molecule has 3 N–H and O–H groups in total. The molecule has 0 aliphatic carbocycles. The number of fused-ring (bicyclic) bond motifs is 1. The van der Waals surface area contributed by atoms with Crippen molar-refractivity contribution < 1.29 is 14.3 Å². The van der Waals surface area contributed by atoms with Crippen molar-refractivity contribution in [2.75, 3.05) is 18.7 Å². The van der Waals surface area contributed by atoms with Crippen LogP contribution in [0.5, 0.6) is 11.5 Å². The number of carbonyl (C=O) groups excluding carboxylic acids is 1. The SMILES string of the molecule is CC(C)CC(CN)CC(=O)Nc1ccc2c(c1)OCO2. The number of nitrogens with two attached hydrogens (primary N) is 1. The molecule has 0 fully saturated rings. The molecule has 0 saturated carbocycles. The van der Waals surface area contributed by atoms with Crippen molar-refractivity contribution in [3.05, 3.63) is 18.2 Å². The van der Waals surface area contributed by atoms with Gasteiger partial charge in [-0.1, -0.05) is 13.8 Å². The highest BCUT2D eigenvalue weighted by molar-refractivity contribution is 5.91. The van der Waals surface area contributed by atoms with Gasteiger partial charge < -0.3 is 20.5 Å². The Morgan fingerprint density at radius 1 is 1.35 bits per heavy atom. The second kappa shape index (κ2) is 6.61. The average molecular weight is 278 g/mol. The van der Waals surface area contributed by atoms with Crippen LogP contribution in [-0.2, 0) is 4.79 Å². The Bertz CT molecular complexity index is 474. The molecule has 0 spiro atoms. The van der Waals surface area contributed by atoms with E-state index < -0.39 is 0 Å². The van der Waals surface area contributed by atoms with Crippen LogP contribution in [0.3, 0.4) is 0 Å². The summed E-state index contributed by atoms with van der Waals surface area (Å²) in [6, 6.07) is 5.39. The third-order valence-corrected chi connectivity index (χ3v) is 3.27. The summed E-state index contributed by atoms with van der Waals surface area (Å²) in [5.41, 5.74) is 6.44. The Kier molecular flexibility index (Phi) is 4.84. The van der Waals surface area contributed by atoms with Crippen molar-refractivity contribution >= 4 is 11.6 Å². The molecule has 1 aliphatic rings. The van der Waals surface area contributed by atoms with Crippen molar-refractivity contribution in [1.29, 1.82) is 0 Å². The normalized spacial score (nSPS) is 14.4. The Morgan fingerprint density at radius 3 is 2.80 bits per heavy atom. The fourth-order valence-corrected chi connectivity index (χ4v) is 2.38. The minimum atomic E-state index is -0.0139. The van der Waals surface area contributed by atoms with E-state index in [1.54, 1.807) is 12.1 Å². The highest BCUT2D eigenvalue weighted by Crippen LogP contribution is 2.34. The minimum absolute atomic E-state index is 0.0139. The predicted molar refractivity (Wildman–Crippen MR) is 77.8 cm³/mol. The van der Waals surface area contributed by atoms with E-state index in [-0.39, 0.29) is 18.6 Å². The number of anilines is 1. The van der Waals surface area contributed by atoms with Gasteiger partial charge in [0.2, 0.25) is 12.7 Å². The number of amides is 1. The summed E-state index contributed by atoms with van der Waals surface area (Å²) in [6.45, 7) is 5.04. The van der Waals surface area contributed by atoms with Gasteiger partial charge in [-0.05, 0) is 36.9 Å². The smallest absolute Gasteiger partial charge is 0.231 e. The van der Waals surface area contributed by atoms with Crippen LogP contribution in [0.4, 0.5) is 5.69 Å². The summed E-state index contributed by atoms with van der Waals surface area (Å²) in [4.78, 5) is 12.0. The number of nitrogens with one attached hydrogen (secondary N) is 1. The first kappa shape index (κ1) is 14.7. The highest BCUT2D eigenvalue weighted by Gasteiger charge is 2.16. The molecule has 1 aliphatic heterocycles. The summed E-state index contributed by atoms with van der Waals surface area (Å²) >= 11 is 0. The Hall–Kier alpha value is -1.75. The van der Waals surface area contributed by atoms with E-state index in [0.717, 1.165) is 12.1 Å². The van der Waals surface area contributed by atoms with Gasteiger partial charge in [-0.3, -0.25) is 4.79 Å². The summed E-state index contributed by atoms with van der Waals surface area (Å²) in [7, 11) is 0. The molecular formula is C15H22N2O3. The zero-order chi connectivity index (χ0) is 14.5. The minimum Gasteiger partial charge on any atom is -0.454 e. The topological polar surface area (TPSA) is 73.6 Å². The van der Waals surface area contributed by atoms with Gasteiger partial charge in [-0.2, -0.15) is 0 Å². The molecule has 110 valence electrons. The van der Waals surface area contributed by atoms with Crippen molar-refractivity contribution in [1.82, 2.24) is 0 Å². The van der Waals surface area contributed by atoms with E-state index in [0.29, 0.717) is 30.4 Å². The lowest BCUT2D eigenvalue weighted by molar-refractivity contribution is -0.117. The molecule has 0 saturated heterocycles. The number of benzene rings is 1. The molecule has 5 nitrogen and oxygen atoms in total. The molecule has 0 radical (unpaired) electrons. The van der Waals surface area contributed by atoms with Crippen molar-refractivity contribution in [2.45, 2.75) is 26.7 Å². The van der Waals surface area contributed by atoms with Gasteiger partial charge in [-0.15, -0.1) is 0 Å². The lowest BCUT2D eigenvalue weighted by Crippen LogP contribution is -2.23. The number of rotatable bonds is 6. The average Bonchev–Trinajstić information content (AvgIpc) is 2.84. The lowest BCUT2D eigenvalue weighted by atomic mass is 9.94. The second-order valence-corrected chi connectivity index (χ2v) is 5.55. The quantitative estimate of drug-likeness (QED) is 0.837. The molecule has 20 heavy (non-hydrogen) atoms. The standard InChI is InChI=1S/C15H22N2O3/c1-10(2)5-11(8-16)6-15(18)17-12-3-4-13-14(7-12)20-9-19-13/h3-4,7,10-11H,5-6,8-9,16H2,1-2H3,(H,17,18). The zero-order valence-corrected chi connectivity index (χ0v) is 12.0. The van der Waals surface area contributed by atoms with Gasteiger partial charge in [0.1, 0.15) is 0 Å². The lowest BCUT2D eigenvalue weighted by Gasteiger charge is -2.16. The molecule has 1 amide bonds. The second-order valence-electron chi connectivity index (χ2n) is 5.55. The number of ether oxygens (including phenoxy) is 2. The molecule has 5 heteroatoms. The third kappa shape index (κ3) is 3.87. The van der Waals surface area contributed by atoms with Gasteiger partial charge in [0.05, 0.1) is 0 Å². The predicted octanol–water partition coefficient (Wildman–Crippen LogP) is 2.36. The molecule has 1 unspecified atom stereocenters. The number of hydrogen-bond donors (Lipinski definition) is 2. The van der Waals surface area contributed by atoms with E-state index in [4.69, 9.17) is 15.2 Å². The van der Waals surface area contributed by atoms with Gasteiger partial charge in [0, 0.05) is 18.2 Å². The third-order valence-electron chi connectivity index (χ3n) is 3.27. The molecule has 1 aromatic carbocycles. The summed E-state index contributed by atoms with van der Waals surface area (Å²) < 4.78 is 10.5. The Morgan fingerprint density at radius 2 is 2.10 bits per heavy atom. The molecular weight excluding hydrogens is 256 g/mol. The van der Waals surface area contributed by atoms with Crippen LogP contribution < -0.4 is 20.5 Å². The van der Waals surface area contributed by atoms with Crippen molar-refractivity contribution in [3.8, 4) is 11.5 Å². The first-order valence-corrected chi connectivity index (χ1v) is 6.98. The van der Waals surface area contributed by atoms with Crippen LogP contribution in [0.2, 0.25) is 0 Å².